The number of ether oxygens (including phenoxy) is 3. The van der Waals surface area contributed by atoms with Gasteiger partial charge in [-0.25, -0.2) is 9.07 Å². The minimum atomic E-state index is -0.743. The van der Waals surface area contributed by atoms with Crippen LogP contribution >= 0.6 is 0 Å². The van der Waals surface area contributed by atoms with E-state index in [1.54, 1.807) is 55.6 Å². The lowest BCUT2D eigenvalue weighted by Gasteiger charge is -2.32. The molecule has 3 heterocycles. The normalized spacial score (nSPS) is 14.3. The summed E-state index contributed by atoms with van der Waals surface area (Å²) in [6.07, 6.45) is 3.41. The fourth-order valence-electron chi connectivity index (χ4n) is 5.83. The van der Waals surface area contributed by atoms with E-state index >= 15 is 4.39 Å². The van der Waals surface area contributed by atoms with E-state index in [9.17, 15) is 19.5 Å². The van der Waals surface area contributed by atoms with Gasteiger partial charge < -0.3 is 35.3 Å². The maximum atomic E-state index is 15.2. The Labute approximate surface area is 286 Å². The Kier molecular flexibility index (Phi) is 10.5. The van der Waals surface area contributed by atoms with E-state index in [1.807, 2.05) is 6.07 Å². The summed E-state index contributed by atoms with van der Waals surface area (Å²) in [5.41, 5.74) is 6.00. The van der Waals surface area contributed by atoms with Gasteiger partial charge >= 0.3 is 5.97 Å². The van der Waals surface area contributed by atoms with Crippen LogP contribution in [0.15, 0.2) is 90.0 Å². The highest BCUT2D eigenvalue weighted by Crippen LogP contribution is 2.33. The molecular formula is C36H37FN6O7. The van der Waals surface area contributed by atoms with Crippen LogP contribution in [0.5, 0.6) is 17.2 Å². The van der Waals surface area contributed by atoms with Crippen molar-refractivity contribution in [2.45, 2.75) is 25.0 Å². The van der Waals surface area contributed by atoms with Crippen molar-refractivity contribution in [2.75, 3.05) is 38.1 Å². The molecule has 1 aliphatic heterocycles. The lowest BCUT2D eigenvalue weighted by Crippen LogP contribution is -2.43. The number of piperidine rings is 1. The van der Waals surface area contributed by atoms with Crippen LogP contribution in [0.25, 0.3) is 16.6 Å². The molecule has 1 amide bonds. The number of likely N-dealkylation sites (tertiary alicyclic amines) is 1. The number of amides is 1. The van der Waals surface area contributed by atoms with Gasteiger partial charge in [-0.15, -0.1) is 0 Å². The largest absolute Gasteiger partial charge is 0.491 e. The van der Waals surface area contributed by atoms with E-state index in [1.165, 1.54) is 33.9 Å². The number of aliphatic hydroxyl groups is 1. The van der Waals surface area contributed by atoms with Gasteiger partial charge in [-0.2, -0.15) is 0 Å². The number of halogens is 1. The summed E-state index contributed by atoms with van der Waals surface area (Å²) in [5.74, 6) is -1.04. The number of aromatic nitrogens is 3. The van der Waals surface area contributed by atoms with Crippen molar-refractivity contribution >= 4 is 28.5 Å². The number of nitrogens with one attached hydrogen (secondary N) is 1. The SMILES string of the molecule is Cn1cc(C(=O)Nc2ccc(Oc3ccnc4cc(OCC(O)CN5CCC(OC(=O)CN)CC5)ccc34)c(F)c2)c(=O)n1-c1ccccc1. The third-order valence-corrected chi connectivity index (χ3v) is 8.29. The Bertz CT molecular complexity index is 2040. The first-order chi connectivity index (χ1) is 24.2. The number of aryl methyl sites for hydroxylation is 1. The second kappa shape index (κ2) is 15.3. The van der Waals surface area contributed by atoms with Crippen LogP contribution in [0, 0.1) is 5.82 Å². The van der Waals surface area contributed by atoms with Gasteiger partial charge in [0.1, 0.15) is 35.9 Å². The van der Waals surface area contributed by atoms with Crippen LogP contribution < -0.4 is 26.1 Å². The number of hydrogen-bond donors (Lipinski definition) is 3. The molecule has 3 aromatic carbocycles. The molecule has 260 valence electrons. The summed E-state index contributed by atoms with van der Waals surface area (Å²) in [4.78, 5) is 43.9. The number of nitrogens with two attached hydrogens (primary N) is 1. The number of pyridine rings is 1. The van der Waals surface area contributed by atoms with Gasteiger partial charge in [-0.1, -0.05) is 18.2 Å². The Morgan fingerprint density at radius 3 is 2.58 bits per heavy atom. The second-order valence-electron chi connectivity index (χ2n) is 11.9. The monoisotopic (exact) mass is 684 g/mol. The molecule has 1 saturated heterocycles. The zero-order valence-electron chi connectivity index (χ0n) is 27.3. The van der Waals surface area contributed by atoms with Gasteiger partial charge in [0.15, 0.2) is 11.6 Å². The van der Waals surface area contributed by atoms with Crippen molar-refractivity contribution in [3.63, 3.8) is 0 Å². The molecule has 0 radical (unpaired) electrons. The minimum absolute atomic E-state index is 0.0608. The van der Waals surface area contributed by atoms with Gasteiger partial charge in [0, 0.05) is 62.3 Å². The second-order valence-corrected chi connectivity index (χ2v) is 11.9. The summed E-state index contributed by atoms with van der Waals surface area (Å²) >= 11 is 0. The Morgan fingerprint density at radius 2 is 1.84 bits per heavy atom. The minimum Gasteiger partial charge on any atom is -0.491 e. The molecule has 1 fully saturated rings. The fourth-order valence-corrected chi connectivity index (χ4v) is 5.83. The first-order valence-corrected chi connectivity index (χ1v) is 16.1. The molecule has 4 N–H and O–H groups in total. The van der Waals surface area contributed by atoms with Crippen molar-refractivity contribution in [2.24, 2.45) is 12.8 Å². The number of rotatable bonds is 12. The summed E-state index contributed by atoms with van der Waals surface area (Å²) < 4.78 is 35.1. The molecule has 1 aliphatic rings. The number of esters is 1. The third-order valence-electron chi connectivity index (χ3n) is 8.29. The van der Waals surface area contributed by atoms with Crippen LogP contribution in [0.2, 0.25) is 0 Å². The standard InChI is InChI=1S/C36H37FN6O7/c1-41-21-29(36(47)43(41)24-5-3-2-4-6-24)35(46)40-23-7-10-33(30(37)17-23)50-32-11-14-39-31-18-27(8-9-28(31)32)48-22-25(44)20-42-15-12-26(13-16-42)49-34(45)19-38/h2-11,14,17-18,21,25-26,44H,12-13,15-16,19-20,22,38H2,1H3,(H,40,46). The van der Waals surface area contributed by atoms with Crippen molar-refractivity contribution in [1.82, 2.24) is 19.2 Å². The van der Waals surface area contributed by atoms with Crippen LogP contribution in [-0.4, -0.2) is 81.2 Å². The lowest BCUT2D eigenvalue weighted by atomic mass is 10.1. The summed E-state index contributed by atoms with van der Waals surface area (Å²) in [7, 11) is 1.65. The van der Waals surface area contributed by atoms with Gasteiger partial charge in [0.2, 0.25) is 0 Å². The van der Waals surface area contributed by atoms with E-state index in [-0.39, 0.29) is 36.3 Å². The molecule has 0 aliphatic carbocycles. The van der Waals surface area contributed by atoms with Crippen molar-refractivity contribution in [1.29, 1.82) is 0 Å². The maximum Gasteiger partial charge on any atom is 0.319 e. The molecule has 1 atom stereocenters. The van der Waals surface area contributed by atoms with Gasteiger partial charge in [0.25, 0.3) is 11.5 Å². The topological polar surface area (TPSA) is 163 Å². The average molecular weight is 685 g/mol. The van der Waals surface area contributed by atoms with Crippen molar-refractivity contribution in [3.8, 4) is 22.9 Å². The number of para-hydroxylation sites is 1. The highest BCUT2D eigenvalue weighted by molar-refractivity contribution is 6.04. The first kappa shape index (κ1) is 34.3. The molecule has 0 spiro atoms. The van der Waals surface area contributed by atoms with Crippen LogP contribution in [0.1, 0.15) is 23.2 Å². The predicted molar refractivity (Wildman–Crippen MR) is 183 cm³/mol. The molecule has 50 heavy (non-hydrogen) atoms. The summed E-state index contributed by atoms with van der Waals surface area (Å²) in [5, 5.41) is 13.8. The number of nitrogens with zero attached hydrogens (tertiary/aromatic N) is 4. The van der Waals surface area contributed by atoms with E-state index < -0.39 is 29.4 Å². The summed E-state index contributed by atoms with van der Waals surface area (Å²) in [6.45, 7) is 1.71. The highest BCUT2D eigenvalue weighted by atomic mass is 19.1. The van der Waals surface area contributed by atoms with Crippen molar-refractivity contribution in [3.05, 3.63) is 107 Å². The molecule has 2 aromatic heterocycles. The lowest BCUT2D eigenvalue weighted by molar-refractivity contribution is -0.149. The molecular weight excluding hydrogens is 647 g/mol. The number of carbonyl (C=O) groups is 2. The molecule has 14 heteroatoms. The molecule has 0 bridgehead atoms. The van der Waals surface area contributed by atoms with Crippen molar-refractivity contribution < 1.29 is 33.3 Å². The molecule has 0 saturated carbocycles. The zero-order chi connectivity index (χ0) is 35.2. The quantitative estimate of drug-likeness (QED) is 0.166. The van der Waals surface area contributed by atoms with E-state index in [0.717, 1.165) is 6.07 Å². The molecule has 1 unspecified atom stereocenters. The molecule has 6 rings (SSSR count). The number of β-amino-alcohol motifs (C(OH)–C–C–N with tert-alkyl or cyclic N) is 1. The number of aliphatic hydroxyl groups excluding tert-OH is 1. The first-order valence-electron chi connectivity index (χ1n) is 16.1. The Morgan fingerprint density at radius 1 is 1.06 bits per heavy atom. The smallest absolute Gasteiger partial charge is 0.319 e. The van der Waals surface area contributed by atoms with Gasteiger partial charge in [-0.3, -0.25) is 24.0 Å². The highest BCUT2D eigenvalue weighted by Gasteiger charge is 2.24. The average Bonchev–Trinajstić information content (AvgIpc) is 3.42. The van der Waals surface area contributed by atoms with Gasteiger partial charge in [-0.05, 0) is 55.3 Å². The van der Waals surface area contributed by atoms with Gasteiger partial charge in [0.05, 0.1) is 17.7 Å². The predicted octanol–water partition coefficient (Wildman–Crippen LogP) is 3.61. The van der Waals surface area contributed by atoms with E-state index in [4.69, 9.17) is 19.9 Å². The Balaban J connectivity index is 1.05. The number of carbonyl (C=O) groups excluding carboxylic acids is 2. The fraction of sp³-hybridized carbons (Fsp3) is 0.278. The molecule has 5 aromatic rings. The zero-order valence-corrected chi connectivity index (χ0v) is 27.3. The van der Waals surface area contributed by atoms with E-state index in [2.05, 4.69) is 15.2 Å². The Hall–Kier alpha value is -5.57. The number of hydrogen-bond acceptors (Lipinski definition) is 10. The number of fused-ring (bicyclic) bond motifs is 1. The van der Waals surface area contributed by atoms with Crippen LogP contribution in [-0.2, 0) is 16.6 Å². The van der Waals surface area contributed by atoms with Crippen LogP contribution in [0.4, 0.5) is 10.1 Å². The number of anilines is 1. The van der Waals surface area contributed by atoms with Crippen LogP contribution in [0.3, 0.4) is 0 Å². The third kappa shape index (κ3) is 8.00. The maximum absolute atomic E-state index is 15.2. The number of benzene rings is 3. The summed E-state index contributed by atoms with van der Waals surface area (Å²) in [6, 6.07) is 19.7. The molecule has 13 nitrogen and oxygen atoms in total. The van der Waals surface area contributed by atoms with E-state index in [0.29, 0.717) is 60.6 Å².